The third kappa shape index (κ3) is 7.50. The van der Waals surface area contributed by atoms with Crippen LogP contribution in [0.3, 0.4) is 0 Å². The van der Waals surface area contributed by atoms with Crippen LogP contribution in [0, 0.1) is 12.8 Å². The summed E-state index contributed by atoms with van der Waals surface area (Å²) in [5.74, 6) is 1.89. The molecular weight excluding hydrogens is 528 g/mol. The van der Waals surface area contributed by atoms with Crippen LogP contribution in [0.25, 0.3) is 16.9 Å². The number of aromatic amines is 1. The molecule has 2 heterocycles. The van der Waals surface area contributed by atoms with Gasteiger partial charge >= 0.3 is 0 Å². The molecule has 0 fully saturated rings. The summed E-state index contributed by atoms with van der Waals surface area (Å²) in [6.07, 6.45) is 7.15. The number of nitrogens with zero attached hydrogens (tertiary/aromatic N) is 5. The molecular formula is C29H46N6O4S. The van der Waals surface area contributed by atoms with Crippen LogP contribution < -0.4 is 10.3 Å². The minimum Gasteiger partial charge on any atom is -0.493 e. The number of imidazole rings is 1. The average Bonchev–Trinajstić information content (AvgIpc) is 3.24. The topological polar surface area (TPSA) is 113 Å². The number of likely N-dealkylation sites (N-methyl/N-ethyl adjacent to an activating group) is 2. The molecule has 0 aliphatic carbocycles. The van der Waals surface area contributed by atoms with E-state index in [1.165, 1.54) is 23.6 Å². The Labute approximate surface area is 238 Å². The molecule has 3 aromatic rings. The molecule has 2 aromatic heterocycles. The minimum absolute atomic E-state index is 0.111. The molecule has 1 unspecified atom stereocenters. The second-order valence-corrected chi connectivity index (χ2v) is 12.8. The highest BCUT2D eigenvalue weighted by molar-refractivity contribution is 7.89. The van der Waals surface area contributed by atoms with E-state index in [0.717, 1.165) is 31.5 Å². The highest BCUT2D eigenvalue weighted by Gasteiger charge is 2.24. The van der Waals surface area contributed by atoms with Gasteiger partial charge in [0.2, 0.25) is 10.0 Å². The number of aryl methyl sites for hydroxylation is 1. The molecule has 10 nitrogen and oxygen atoms in total. The normalized spacial score (nSPS) is 13.0. The number of hydrogen-bond donors (Lipinski definition) is 1. The fourth-order valence-electron chi connectivity index (χ4n) is 4.71. The van der Waals surface area contributed by atoms with E-state index in [-0.39, 0.29) is 16.3 Å². The molecule has 222 valence electrons. The summed E-state index contributed by atoms with van der Waals surface area (Å²) >= 11 is 0. The highest BCUT2D eigenvalue weighted by atomic mass is 32.2. The maximum Gasteiger partial charge on any atom is 0.277 e. The van der Waals surface area contributed by atoms with E-state index >= 15 is 0 Å². The number of fused-ring (bicyclic) bond motifs is 1. The second kappa shape index (κ2) is 14.2. The lowest BCUT2D eigenvalue weighted by molar-refractivity contribution is 0.318. The lowest BCUT2D eigenvalue weighted by Gasteiger charge is -2.20. The molecule has 0 radical (unpaired) electrons. The van der Waals surface area contributed by atoms with Crippen LogP contribution in [-0.2, 0) is 16.4 Å². The zero-order valence-electron chi connectivity index (χ0n) is 25.2. The smallest absolute Gasteiger partial charge is 0.277 e. The van der Waals surface area contributed by atoms with Crippen LogP contribution in [0.15, 0.2) is 27.9 Å². The fourth-order valence-corrected chi connectivity index (χ4v) is 5.90. The maximum absolute atomic E-state index is 13.4. The van der Waals surface area contributed by atoms with Crippen molar-refractivity contribution in [2.45, 2.75) is 77.5 Å². The van der Waals surface area contributed by atoms with Gasteiger partial charge in [-0.1, -0.05) is 52.9 Å². The van der Waals surface area contributed by atoms with Crippen molar-refractivity contribution >= 4 is 15.5 Å². The fraction of sp³-hybridized carbons (Fsp3) is 0.621. The van der Waals surface area contributed by atoms with Crippen LogP contribution >= 0.6 is 0 Å². The van der Waals surface area contributed by atoms with Gasteiger partial charge in [0.05, 0.1) is 22.8 Å². The molecule has 3 rings (SSSR count). The van der Waals surface area contributed by atoms with E-state index in [1.54, 1.807) is 29.8 Å². The van der Waals surface area contributed by atoms with E-state index in [9.17, 15) is 13.2 Å². The van der Waals surface area contributed by atoms with Crippen molar-refractivity contribution in [2.24, 2.45) is 5.92 Å². The number of rotatable bonds is 16. The first-order valence-electron chi connectivity index (χ1n) is 14.4. The van der Waals surface area contributed by atoms with Crippen LogP contribution in [0.2, 0.25) is 0 Å². The Morgan fingerprint density at radius 2 is 1.82 bits per heavy atom. The second-order valence-electron chi connectivity index (χ2n) is 10.8. The van der Waals surface area contributed by atoms with Gasteiger partial charge in [-0.25, -0.2) is 17.9 Å². The molecule has 1 aromatic carbocycles. The van der Waals surface area contributed by atoms with Gasteiger partial charge in [0, 0.05) is 26.6 Å². The Bertz CT molecular complexity index is 1430. The minimum atomic E-state index is -3.78. The van der Waals surface area contributed by atoms with Gasteiger partial charge in [0.25, 0.3) is 5.56 Å². The zero-order chi connectivity index (χ0) is 29.4. The first kappa shape index (κ1) is 31.8. The van der Waals surface area contributed by atoms with E-state index < -0.39 is 10.0 Å². The molecule has 0 amide bonds. The van der Waals surface area contributed by atoms with E-state index in [0.29, 0.717) is 48.1 Å². The summed E-state index contributed by atoms with van der Waals surface area (Å²) in [7, 11) is 1.59. The molecule has 0 bridgehead atoms. The Kier molecular flexibility index (Phi) is 11.3. The molecule has 0 aliphatic rings. The number of ether oxygens (including phenoxy) is 1. The van der Waals surface area contributed by atoms with E-state index in [2.05, 4.69) is 18.8 Å². The standard InChI is InChI=1S/C29H46N6O4S/c1-8-11-12-13-22(10-3)19-26-30-21(4)27-29(36)31-28(32-35(26)27)24-20-23(14-15-25(24)39-18-9-2)40(37,38)34(7)17-16-33(5)6/h14-15,20,22H,8-13,16-19H2,1-7H3,(H,31,32,36). The summed E-state index contributed by atoms with van der Waals surface area (Å²) in [6.45, 7) is 9.57. The quantitative estimate of drug-likeness (QED) is 0.250. The summed E-state index contributed by atoms with van der Waals surface area (Å²) < 4.78 is 35.8. The molecule has 1 atom stereocenters. The lowest BCUT2D eigenvalue weighted by Crippen LogP contribution is -2.33. The Balaban J connectivity index is 2.11. The molecule has 0 aliphatic heterocycles. The van der Waals surface area contributed by atoms with Crippen molar-refractivity contribution in [1.29, 1.82) is 0 Å². The van der Waals surface area contributed by atoms with E-state index in [4.69, 9.17) is 14.8 Å². The highest BCUT2D eigenvalue weighted by Crippen LogP contribution is 2.31. The maximum atomic E-state index is 13.4. The lowest BCUT2D eigenvalue weighted by atomic mass is 9.95. The Morgan fingerprint density at radius 3 is 2.48 bits per heavy atom. The number of H-pyrrole nitrogens is 1. The van der Waals surface area contributed by atoms with Crippen molar-refractivity contribution in [3.05, 3.63) is 40.1 Å². The third-order valence-corrected chi connectivity index (χ3v) is 9.10. The largest absolute Gasteiger partial charge is 0.493 e. The summed E-state index contributed by atoms with van der Waals surface area (Å²) in [5.41, 5.74) is 1.13. The number of nitrogens with one attached hydrogen (secondary N) is 1. The van der Waals surface area contributed by atoms with Crippen molar-refractivity contribution in [1.82, 2.24) is 28.8 Å². The van der Waals surface area contributed by atoms with Crippen LogP contribution in [0.5, 0.6) is 5.75 Å². The number of hydrogen-bond acceptors (Lipinski definition) is 7. The van der Waals surface area contributed by atoms with Crippen LogP contribution in [0.4, 0.5) is 0 Å². The monoisotopic (exact) mass is 574 g/mol. The van der Waals surface area contributed by atoms with Crippen LogP contribution in [0.1, 0.15) is 70.8 Å². The van der Waals surface area contributed by atoms with Gasteiger partial charge in [-0.15, -0.1) is 5.10 Å². The molecule has 1 N–H and O–H groups in total. The molecule has 11 heteroatoms. The number of sulfonamides is 1. The van der Waals surface area contributed by atoms with Crippen molar-refractivity contribution in [3.8, 4) is 17.1 Å². The predicted octanol–water partition coefficient (Wildman–Crippen LogP) is 4.51. The first-order valence-corrected chi connectivity index (χ1v) is 15.8. The molecule has 0 spiro atoms. The number of aromatic nitrogens is 4. The summed E-state index contributed by atoms with van der Waals surface area (Å²) in [5, 5.41) is 4.81. The van der Waals surface area contributed by atoms with Gasteiger partial charge < -0.3 is 14.6 Å². The Morgan fingerprint density at radius 1 is 1.07 bits per heavy atom. The first-order chi connectivity index (χ1) is 19.0. The van der Waals surface area contributed by atoms with Gasteiger partial charge in [0.15, 0.2) is 11.3 Å². The zero-order valence-corrected chi connectivity index (χ0v) is 26.0. The average molecular weight is 575 g/mol. The molecule has 40 heavy (non-hydrogen) atoms. The predicted molar refractivity (Wildman–Crippen MR) is 160 cm³/mol. The van der Waals surface area contributed by atoms with E-state index in [1.807, 2.05) is 32.8 Å². The van der Waals surface area contributed by atoms with Gasteiger partial charge in [0.1, 0.15) is 11.6 Å². The van der Waals surface area contributed by atoms with Crippen LogP contribution in [-0.4, -0.2) is 78.0 Å². The number of benzene rings is 1. The van der Waals surface area contributed by atoms with Gasteiger partial charge in [-0.05, 0) is 51.6 Å². The van der Waals surface area contributed by atoms with Crippen molar-refractivity contribution in [3.63, 3.8) is 0 Å². The van der Waals surface area contributed by atoms with Gasteiger partial charge in [-0.2, -0.15) is 4.31 Å². The summed E-state index contributed by atoms with van der Waals surface area (Å²) in [4.78, 5) is 23.0. The third-order valence-electron chi connectivity index (χ3n) is 7.25. The number of unbranched alkanes of at least 4 members (excludes halogenated alkanes) is 2. The Hall–Kier alpha value is -2.76. The SMILES string of the molecule is CCCCCC(CC)Cc1nc(C)c2c(=O)[nH]c(-c3cc(S(=O)(=O)N(C)CCN(C)C)ccc3OCCC)nn12. The summed E-state index contributed by atoms with van der Waals surface area (Å²) in [6, 6.07) is 4.73. The molecule has 0 saturated heterocycles. The molecule has 0 saturated carbocycles. The van der Waals surface area contributed by atoms with Gasteiger partial charge in [-0.3, -0.25) is 4.79 Å². The van der Waals surface area contributed by atoms with Crippen molar-refractivity contribution in [2.75, 3.05) is 40.8 Å². The van der Waals surface area contributed by atoms with Crippen molar-refractivity contribution < 1.29 is 13.2 Å².